The topological polar surface area (TPSA) is 12.0 Å². The van der Waals surface area contributed by atoms with Gasteiger partial charge in [0.1, 0.15) is 0 Å². The van der Waals surface area contributed by atoms with Gasteiger partial charge in [-0.15, -0.1) is 0 Å². The smallest absolute Gasteiger partial charge is 0.0408 e. The Morgan fingerprint density at radius 2 is 1.95 bits per heavy atom. The SMILES string of the molecule is CCNCC(Cc1cccc(Cl)c1)c1cccc(Br)c1. The van der Waals surface area contributed by atoms with Gasteiger partial charge in [0.2, 0.25) is 0 Å². The fourth-order valence-electron chi connectivity index (χ4n) is 2.34. The van der Waals surface area contributed by atoms with Crippen molar-refractivity contribution in [2.75, 3.05) is 13.1 Å². The maximum atomic E-state index is 6.08. The molecular formula is C17H19BrClN. The molecule has 0 spiro atoms. The standard InChI is InChI=1S/C17H19BrClN/c1-2-20-12-15(14-6-4-7-16(18)11-14)9-13-5-3-8-17(19)10-13/h3-8,10-11,15,20H,2,9,12H2,1H3. The van der Waals surface area contributed by atoms with Crippen molar-refractivity contribution in [1.82, 2.24) is 5.32 Å². The van der Waals surface area contributed by atoms with Crippen LogP contribution in [0, 0.1) is 0 Å². The van der Waals surface area contributed by atoms with E-state index in [-0.39, 0.29) is 0 Å². The summed E-state index contributed by atoms with van der Waals surface area (Å²) in [6.07, 6.45) is 0.990. The van der Waals surface area contributed by atoms with Crippen molar-refractivity contribution in [3.63, 3.8) is 0 Å². The predicted molar refractivity (Wildman–Crippen MR) is 90.6 cm³/mol. The van der Waals surface area contributed by atoms with Gasteiger partial charge in [-0.25, -0.2) is 0 Å². The zero-order chi connectivity index (χ0) is 14.4. The van der Waals surface area contributed by atoms with E-state index in [1.807, 2.05) is 12.1 Å². The van der Waals surface area contributed by atoms with E-state index >= 15 is 0 Å². The van der Waals surface area contributed by atoms with Crippen LogP contribution < -0.4 is 5.32 Å². The van der Waals surface area contributed by atoms with Gasteiger partial charge in [-0.2, -0.15) is 0 Å². The third-order valence-corrected chi connectivity index (χ3v) is 4.06. The summed E-state index contributed by atoms with van der Waals surface area (Å²) in [5.74, 6) is 0.450. The van der Waals surface area contributed by atoms with E-state index in [2.05, 4.69) is 64.6 Å². The van der Waals surface area contributed by atoms with Crippen molar-refractivity contribution in [3.05, 3.63) is 69.2 Å². The highest BCUT2D eigenvalue weighted by Gasteiger charge is 2.12. The summed E-state index contributed by atoms with van der Waals surface area (Å²) in [6, 6.07) is 16.7. The molecule has 0 saturated carbocycles. The minimum Gasteiger partial charge on any atom is -0.316 e. The van der Waals surface area contributed by atoms with Gasteiger partial charge >= 0.3 is 0 Å². The van der Waals surface area contributed by atoms with Crippen molar-refractivity contribution < 1.29 is 0 Å². The van der Waals surface area contributed by atoms with Crippen molar-refractivity contribution in [1.29, 1.82) is 0 Å². The maximum Gasteiger partial charge on any atom is 0.0408 e. The van der Waals surface area contributed by atoms with Crippen LogP contribution in [0.4, 0.5) is 0 Å². The molecule has 0 aliphatic heterocycles. The molecule has 0 aliphatic carbocycles. The average molecular weight is 353 g/mol. The van der Waals surface area contributed by atoms with E-state index < -0.39 is 0 Å². The van der Waals surface area contributed by atoms with Crippen LogP contribution in [-0.2, 0) is 6.42 Å². The van der Waals surface area contributed by atoms with Crippen molar-refractivity contribution in [2.24, 2.45) is 0 Å². The molecule has 106 valence electrons. The van der Waals surface area contributed by atoms with Gasteiger partial charge in [0.25, 0.3) is 0 Å². The second-order valence-electron chi connectivity index (χ2n) is 4.89. The lowest BCUT2D eigenvalue weighted by molar-refractivity contribution is 0.595. The molecule has 2 rings (SSSR count). The second-order valence-corrected chi connectivity index (χ2v) is 6.25. The van der Waals surface area contributed by atoms with Gasteiger partial charge in [0.15, 0.2) is 0 Å². The van der Waals surface area contributed by atoms with Gasteiger partial charge in [0.05, 0.1) is 0 Å². The van der Waals surface area contributed by atoms with Crippen LogP contribution in [0.15, 0.2) is 53.0 Å². The van der Waals surface area contributed by atoms with Gasteiger partial charge in [0, 0.05) is 22.0 Å². The van der Waals surface area contributed by atoms with E-state index in [1.165, 1.54) is 11.1 Å². The van der Waals surface area contributed by atoms with Crippen LogP contribution in [0.2, 0.25) is 5.02 Å². The molecule has 20 heavy (non-hydrogen) atoms. The molecule has 0 aromatic heterocycles. The molecule has 2 aromatic rings. The molecular weight excluding hydrogens is 334 g/mol. The largest absolute Gasteiger partial charge is 0.316 e. The lowest BCUT2D eigenvalue weighted by atomic mass is 9.92. The minimum atomic E-state index is 0.450. The molecule has 1 atom stereocenters. The summed E-state index contributed by atoms with van der Waals surface area (Å²) in [7, 11) is 0. The number of hydrogen-bond donors (Lipinski definition) is 1. The summed E-state index contributed by atoms with van der Waals surface area (Å²) in [5.41, 5.74) is 2.63. The highest BCUT2D eigenvalue weighted by atomic mass is 79.9. The first-order chi connectivity index (χ1) is 9.69. The molecule has 1 unspecified atom stereocenters. The molecule has 3 heteroatoms. The molecule has 0 aliphatic rings. The third-order valence-electron chi connectivity index (χ3n) is 3.33. The Hall–Kier alpha value is -0.830. The minimum absolute atomic E-state index is 0.450. The molecule has 0 bridgehead atoms. The number of benzene rings is 2. The van der Waals surface area contributed by atoms with Gasteiger partial charge in [-0.3, -0.25) is 0 Å². The Kier molecular flexibility index (Phi) is 6.08. The van der Waals surface area contributed by atoms with Crippen LogP contribution in [0.1, 0.15) is 24.0 Å². The Morgan fingerprint density at radius 3 is 2.65 bits per heavy atom. The summed E-state index contributed by atoms with van der Waals surface area (Å²) in [6.45, 7) is 4.09. The van der Waals surface area contributed by atoms with Crippen LogP contribution in [0.3, 0.4) is 0 Å². The molecule has 1 N–H and O–H groups in total. The monoisotopic (exact) mass is 351 g/mol. The zero-order valence-corrected chi connectivity index (χ0v) is 13.9. The van der Waals surface area contributed by atoms with E-state index in [0.717, 1.165) is 29.0 Å². The van der Waals surface area contributed by atoms with Crippen LogP contribution in [0.5, 0.6) is 0 Å². The van der Waals surface area contributed by atoms with Gasteiger partial charge < -0.3 is 5.32 Å². The Labute approximate surface area is 134 Å². The number of halogens is 2. The van der Waals surface area contributed by atoms with Crippen LogP contribution >= 0.6 is 27.5 Å². The Bertz CT molecular complexity index is 556. The molecule has 0 heterocycles. The molecule has 0 saturated heterocycles. The van der Waals surface area contributed by atoms with Crippen LogP contribution in [-0.4, -0.2) is 13.1 Å². The third kappa shape index (κ3) is 4.62. The quantitative estimate of drug-likeness (QED) is 0.768. The Morgan fingerprint density at radius 1 is 1.15 bits per heavy atom. The molecule has 0 amide bonds. The van der Waals surface area contributed by atoms with Crippen molar-refractivity contribution in [2.45, 2.75) is 19.3 Å². The zero-order valence-electron chi connectivity index (χ0n) is 11.6. The first-order valence-corrected chi connectivity index (χ1v) is 8.06. The average Bonchev–Trinajstić information content (AvgIpc) is 2.43. The molecule has 2 aromatic carbocycles. The lowest BCUT2D eigenvalue weighted by Crippen LogP contribution is -2.22. The van der Waals surface area contributed by atoms with E-state index in [1.54, 1.807) is 0 Å². The first-order valence-electron chi connectivity index (χ1n) is 6.89. The summed E-state index contributed by atoms with van der Waals surface area (Å²) >= 11 is 9.63. The number of nitrogens with one attached hydrogen (secondary N) is 1. The maximum absolute atomic E-state index is 6.08. The summed E-state index contributed by atoms with van der Waals surface area (Å²) in [5, 5.41) is 4.26. The van der Waals surface area contributed by atoms with Crippen LogP contribution in [0.25, 0.3) is 0 Å². The molecule has 1 nitrogen and oxygen atoms in total. The van der Waals surface area contributed by atoms with Crippen molar-refractivity contribution >= 4 is 27.5 Å². The first kappa shape index (κ1) is 15.6. The molecule has 0 fully saturated rings. The fourth-order valence-corrected chi connectivity index (χ4v) is 2.97. The fraction of sp³-hybridized carbons (Fsp3) is 0.294. The lowest BCUT2D eigenvalue weighted by Gasteiger charge is -2.18. The highest BCUT2D eigenvalue weighted by Crippen LogP contribution is 2.24. The predicted octanol–water partition coefficient (Wildman–Crippen LogP) is 5.04. The number of hydrogen-bond acceptors (Lipinski definition) is 1. The molecule has 0 radical (unpaired) electrons. The van der Waals surface area contributed by atoms with Crippen molar-refractivity contribution in [3.8, 4) is 0 Å². The highest BCUT2D eigenvalue weighted by molar-refractivity contribution is 9.10. The summed E-state index contributed by atoms with van der Waals surface area (Å²) < 4.78 is 1.13. The van der Waals surface area contributed by atoms with Gasteiger partial charge in [-0.1, -0.05) is 58.7 Å². The van der Waals surface area contributed by atoms with E-state index in [0.29, 0.717) is 5.92 Å². The van der Waals surface area contributed by atoms with E-state index in [4.69, 9.17) is 11.6 Å². The number of rotatable bonds is 6. The number of likely N-dealkylation sites (N-methyl/N-ethyl adjacent to an activating group) is 1. The summed E-state index contributed by atoms with van der Waals surface area (Å²) in [4.78, 5) is 0. The normalized spacial score (nSPS) is 12.3. The van der Waals surface area contributed by atoms with E-state index in [9.17, 15) is 0 Å². The second kappa shape index (κ2) is 7.82. The van der Waals surface area contributed by atoms with Gasteiger partial charge in [-0.05, 0) is 48.4 Å². The Balaban J connectivity index is 2.19.